The van der Waals surface area contributed by atoms with Crippen molar-refractivity contribution in [2.75, 3.05) is 25.0 Å². The minimum Gasteiger partial charge on any atom is -0.485 e. The summed E-state index contributed by atoms with van der Waals surface area (Å²) >= 11 is 0. The van der Waals surface area contributed by atoms with E-state index in [1.54, 1.807) is 6.07 Å². The summed E-state index contributed by atoms with van der Waals surface area (Å²) in [5.74, 6) is 1.12. The minimum atomic E-state index is -0.0387. The highest BCUT2D eigenvalue weighted by Crippen LogP contribution is 2.30. The molecule has 0 bridgehead atoms. The monoisotopic (exact) mass is 315 g/mol. The maximum atomic E-state index is 12.5. The second kappa shape index (κ2) is 6.24. The summed E-state index contributed by atoms with van der Waals surface area (Å²) < 4.78 is 5.62. The van der Waals surface area contributed by atoms with Crippen molar-refractivity contribution in [3.05, 3.63) is 36.0 Å². The van der Waals surface area contributed by atoms with Crippen LogP contribution < -0.4 is 15.4 Å². The molecule has 124 valence electrons. The fourth-order valence-corrected chi connectivity index (χ4v) is 3.14. The molecule has 2 aliphatic heterocycles. The Balaban J connectivity index is 1.68. The van der Waals surface area contributed by atoms with Gasteiger partial charge in [0.2, 0.25) is 0 Å². The maximum absolute atomic E-state index is 12.5. The van der Waals surface area contributed by atoms with Crippen molar-refractivity contribution >= 4 is 11.6 Å². The van der Waals surface area contributed by atoms with Gasteiger partial charge in [0, 0.05) is 36.4 Å². The van der Waals surface area contributed by atoms with Crippen LogP contribution in [0.1, 0.15) is 31.1 Å². The van der Waals surface area contributed by atoms with Crippen LogP contribution in [0.3, 0.4) is 0 Å². The predicted octanol–water partition coefficient (Wildman–Crippen LogP) is 2.46. The van der Waals surface area contributed by atoms with E-state index >= 15 is 0 Å². The summed E-state index contributed by atoms with van der Waals surface area (Å²) in [5.41, 5.74) is 2.31. The average molecular weight is 315 g/mol. The van der Waals surface area contributed by atoms with Crippen LogP contribution in [0.4, 0.5) is 5.69 Å². The van der Waals surface area contributed by atoms with Gasteiger partial charge in [-0.2, -0.15) is 0 Å². The summed E-state index contributed by atoms with van der Waals surface area (Å²) in [4.78, 5) is 15.0. The van der Waals surface area contributed by atoms with Gasteiger partial charge in [0.1, 0.15) is 12.4 Å². The molecule has 1 fully saturated rings. The average Bonchev–Trinajstić information content (AvgIpc) is 2.88. The Morgan fingerprint density at radius 2 is 2.22 bits per heavy atom. The lowest BCUT2D eigenvalue weighted by molar-refractivity contribution is 0.0930. The number of rotatable bonds is 3. The topological polar surface area (TPSA) is 53.6 Å². The molecule has 0 aromatic heterocycles. The minimum absolute atomic E-state index is 0.0387. The second-order valence-corrected chi connectivity index (χ2v) is 6.83. The van der Waals surface area contributed by atoms with Crippen LogP contribution in [0.25, 0.3) is 0 Å². The van der Waals surface area contributed by atoms with Gasteiger partial charge in [-0.1, -0.05) is 13.5 Å². The molecule has 0 aliphatic carbocycles. The number of amides is 1. The Bertz CT molecular complexity index is 627. The van der Waals surface area contributed by atoms with Gasteiger partial charge in [-0.05, 0) is 38.0 Å². The summed E-state index contributed by atoms with van der Waals surface area (Å²) in [6, 6.07) is 6.19. The molecule has 2 aliphatic rings. The fraction of sp³-hybridized carbons (Fsp3) is 0.500. The van der Waals surface area contributed by atoms with Crippen molar-refractivity contribution in [1.82, 2.24) is 10.2 Å². The third-order valence-electron chi connectivity index (χ3n) is 4.64. The molecule has 23 heavy (non-hydrogen) atoms. The second-order valence-electron chi connectivity index (χ2n) is 6.83. The van der Waals surface area contributed by atoms with E-state index in [1.165, 1.54) is 0 Å². The van der Waals surface area contributed by atoms with Gasteiger partial charge in [0.15, 0.2) is 0 Å². The molecule has 3 rings (SSSR count). The van der Waals surface area contributed by atoms with Crippen molar-refractivity contribution < 1.29 is 9.53 Å². The number of nitrogens with zero attached hydrogens (tertiary/aromatic N) is 1. The Morgan fingerprint density at radius 1 is 1.43 bits per heavy atom. The van der Waals surface area contributed by atoms with Crippen LogP contribution in [0, 0.1) is 5.92 Å². The zero-order valence-electron chi connectivity index (χ0n) is 14.1. The van der Waals surface area contributed by atoms with E-state index in [9.17, 15) is 4.79 Å². The number of benzene rings is 1. The quantitative estimate of drug-likeness (QED) is 0.900. The number of fused-ring (bicyclic) bond motifs is 1. The molecule has 1 saturated heterocycles. The van der Waals surface area contributed by atoms with Gasteiger partial charge in [0.25, 0.3) is 5.91 Å². The molecule has 0 saturated carbocycles. The van der Waals surface area contributed by atoms with Crippen LogP contribution in [-0.4, -0.2) is 42.6 Å². The summed E-state index contributed by atoms with van der Waals surface area (Å²) in [6.07, 6.45) is 0. The summed E-state index contributed by atoms with van der Waals surface area (Å²) in [6.45, 7) is 12.8. The first kappa shape index (κ1) is 15.9. The van der Waals surface area contributed by atoms with Crippen molar-refractivity contribution in [2.45, 2.75) is 32.9 Å². The lowest BCUT2D eigenvalue weighted by Gasteiger charge is -2.22. The highest BCUT2D eigenvalue weighted by atomic mass is 16.5. The van der Waals surface area contributed by atoms with Crippen molar-refractivity contribution in [3.63, 3.8) is 0 Å². The van der Waals surface area contributed by atoms with Gasteiger partial charge in [-0.3, -0.25) is 9.69 Å². The Labute approximate surface area is 137 Å². The molecule has 2 atom stereocenters. The van der Waals surface area contributed by atoms with E-state index in [4.69, 9.17) is 4.74 Å². The van der Waals surface area contributed by atoms with Gasteiger partial charge >= 0.3 is 0 Å². The number of hydrogen-bond donors (Lipinski definition) is 2. The third-order valence-corrected chi connectivity index (χ3v) is 4.64. The molecule has 2 N–H and O–H groups in total. The van der Waals surface area contributed by atoms with Crippen LogP contribution in [-0.2, 0) is 0 Å². The van der Waals surface area contributed by atoms with E-state index in [0.717, 1.165) is 24.5 Å². The zero-order valence-corrected chi connectivity index (χ0v) is 14.1. The van der Waals surface area contributed by atoms with Crippen molar-refractivity contribution in [2.24, 2.45) is 5.92 Å². The zero-order chi connectivity index (χ0) is 16.6. The highest BCUT2D eigenvalue weighted by molar-refractivity contribution is 5.95. The van der Waals surface area contributed by atoms with E-state index in [-0.39, 0.29) is 11.9 Å². The number of anilines is 1. The molecule has 5 nitrogen and oxygen atoms in total. The first-order valence-corrected chi connectivity index (χ1v) is 8.20. The molecular formula is C18H25N3O2. The number of ether oxygens (including phenoxy) is 1. The number of nitrogens with one attached hydrogen (secondary N) is 2. The number of carbonyl (C=O) groups excluding carboxylic acids is 1. The highest BCUT2D eigenvalue weighted by Gasteiger charge is 2.32. The summed E-state index contributed by atoms with van der Waals surface area (Å²) in [5, 5.41) is 6.34. The largest absolute Gasteiger partial charge is 0.485 e. The first-order chi connectivity index (χ1) is 10.9. The Kier molecular flexibility index (Phi) is 4.31. The number of likely N-dealkylation sites (tertiary alicyclic amines) is 1. The van der Waals surface area contributed by atoms with Crippen LogP contribution in [0.15, 0.2) is 30.5 Å². The van der Waals surface area contributed by atoms with E-state index in [1.807, 2.05) is 12.1 Å². The molecule has 2 heterocycles. The molecule has 1 aromatic carbocycles. The third kappa shape index (κ3) is 3.34. The van der Waals surface area contributed by atoms with Gasteiger partial charge in [-0.15, -0.1) is 0 Å². The fourth-order valence-electron chi connectivity index (χ4n) is 3.14. The van der Waals surface area contributed by atoms with E-state index in [0.29, 0.717) is 29.9 Å². The molecule has 0 radical (unpaired) electrons. The molecule has 0 unspecified atom stereocenters. The van der Waals surface area contributed by atoms with Gasteiger partial charge in [-0.25, -0.2) is 0 Å². The lowest BCUT2D eigenvalue weighted by atomic mass is 10.1. The number of hydrogen-bond acceptors (Lipinski definition) is 4. The van der Waals surface area contributed by atoms with Gasteiger partial charge in [0.05, 0.1) is 5.69 Å². The van der Waals surface area contributed by atoms with Crippen LogP contribution in [0.2, 0.25) is 0 Å². The molecule has 1 amide bonds. The molecule has 5 heteroatoms. The van der Waals surface area contributed by atoms with Crippen LogP contribution in [0.5, 0.6) is 5.75 Å². The van der Waals surface area contributed by atoms with Crippen LogP contribution >= 0.6 is 0 Å². The van der Waals surface area contributed by atoms with Crippen molar-refractivity contribution in [1.29, 1.82) is 0 Å². The molecule has 0 spiro atoms. The lowest BCUT2D eigenvalue weighted by Crippen LogP contribution is -2.40. The standard InChI is InChI=1S/C18H25N3O2/c1-11(2)21-8-12(3)16(9-21)20-18(22)14-5-6-15-17(7-14)23-10-13(4)19-15/h5-7,11-12,16,19H,4,8-10H2,1-3H3,(H,20,22)/t12-,16-/m1/s1. The SMILES string of the molecule is C=C1COc2cc(C(=O)N[C@@H]3CN(C(C)C)C[C@H]3C)ccc2N1. The van der Waals surface area contributed by atoms with E-state index < -0.39 is 0 Å². The first-order valence-electron chi connectivity index (χ1n) is 8.20. The Hall–Kier alpha value is -2.01. The number of carbonyl (C=O) groups is 1. The molecule has 1 aromatic rings. The Morgan fingerprint density at radius 3 is 2.91 bits per heavy atom. The van der Waals surface area contributed by atoms with E-state index in [2.05, 4.69) is 42.9 Å². The predicted molar refractivity (Wildman–Crippen MR) is 91.8 cm³/mol. The molecular weight excluding hydrogens is 290 g/mol. The smallest absolute Gasteiger partial charge is 0.251 e. The normalized spacial score (nSPS) is 24.1. The summed E-state index contributed by atoms with van der Waals surface area (Å²) in [7, 11) is 0. The van der Waals surface area contributed by atoms with Gasteiger partial charge < -0.3 is 15.4 Å². The van der Waals surface area contributed by atoms with Crippen molar-refractivity contribution in [3.8, 4) is 5.75 Å². The maximum Gasteiger partial charge on any atom is 0.251 e.